The Kier molecular flexibility index (Phi) is 4.58. The lowest BCUT2D eigenvalue weighted by molar-refractivity contribution is 0.131. The first kappa shape index (κ1) is 14.0. The zero-order chi connectivity index (χ0) is 13.1. The van der Waals surface area contributed by atoms with Crippen molar-refractivity contribution >= 4 is 33.0 Å². The van der Waals surface area contributed by atoms with E-state index in [1.165, 1.54) is 4.90 Å². The molecule has 1 rings (SSSR count). The van der Waals surface area contributed by atoms with E-state index in [1.54, 1.807) is 0 Å². The third-order valence-corrected chi connectivity index (χ3v) is 3.09. The highest BCUT2D eigenvalue weighted by atomic mass is 35.5. The zero-order valence-corrected chi connectivity index (χ0v) is 10.7. The molecule has 0 unspecified atom stereocenters. The molecule has 1 amide bonds. The molecular weight excluding hydrogens is 272 g/mol. The maximum atomic E-state index is 10.7. The number of amides is 1. The molecule has 0 aromatic rings. The summed E-state index contributed by atoms with van der Waals surface area (Å²) in [7, 11) is -3.66. The molecule has 1 fully saturated rings. The number of nitrogens with zero attached hydrogens (tertiary/aromatic N) is 2. The highest BCUT2D eigenvalue weighted by molar-refractivity contribution is 7.85. The van der Waals surface area contributed by atoms with Gasteiger partial charge in [0.15, 0.2) is 0 Å². The van der Waals surface area contributed by atoms with Crippen molar-refractivity contribution in [3.8, 4) is 0 Å². The van der Waals surface area contributed by atoms with Gasteiger partial charge in [-0.1, -0.05) is 16.8 Å². The SMILES string of the molecule is CS(=O)(=O)O/N=C(\Cl)C1CCN(C(=O)O)CC1. The molecule has 1 N–H and O–H groups in total. The van der Waals surface area contributed by atoms with Crippen LogP contribution < -0.4 is 0 Å². The van der Waals surface area contributed by atoms with Crippen LogP contribution in [-0.2, 0) is 14.4 Å². The van der Waals surface area contributed by atoms with Crippen LogP contribution in [0.4, 0.5) is 4.79 Å². The smallest absolute Gasteiger partial charge is 0.407 e. The predicted octanol–water partition coefficient (Wildman–Crippen LogP) is 0.905. The Morgan fingerprint density at radius 3 is 2.41 bits per heavy atom. The molecule has 0 aromatic heterocycles. The Hall–Kier alpha value is -1.02. The van der Waals surface area contributed by atoms with Crippen LogP contribution in [0.3, 0.4) is 0 Å². The number of likely N-dealkylation sites (tertiary alicyclic amines) is 1. The van der Waals surface area contributed by atoms with Crippen molar-refractivity contribution in [3.63, 3.8) is 0 Å². The predicted molar refractivity (Wildman–Crippen MR) is 61.5 cm³/mol. The normalized spacial score (nSPS) is 19.2. The van der Waals surface area contributed by atoms with Gasteiger partial charge in [0.05, 0.1) is 6.26 Å². The molecule has 0 bridgehead atoms. The van der Waals surface area contributed by atoms with Crippen LogP contribution in [0.5, 0.6) is 0 Å². The summed E-state index contributed by atoms with van der Waals surface area (Å²) in [4.78, 5) is 11.9. The van der Waals surface area contributed by atoms with Crippen molar-refractivity contribution in [1.29, 1.82) is 0 Å². The topological polar surface area (TPSA) is 96.3 Å². The van der Waals surface area contributed by atoms with Gasteiger partial charge in [-0.05, 0) is 12.8 Å². The Morgan fingerprint density at radius 2 is 2.00 bits per heavy atom. The van der Waals surface area contributed by atoms with E-state index in [4.69, 9.17) is 16.7 Å². The monoisotopic (exact) mass is 284 g/mol. The van der Waals surface area contributed by atoms with E-state index >= 15 is 0 Å². The molecule has 98 valence electrons. The summed E-state index contributed by atoms with van der Waals surface area (Å²) in [5.41, 5.74) is 0. The first-order valence-electron chi connectivity index (χ1n) is 4.89. The van der Waals surface area contributed by atoms with Gasteiger partial charge < -0.3 is 10.0 Å². The molecule has 1 aliphatic rings. The van der Waals surface area contributed by atoms with Gasteiger partial charge in [0.1, 0.15) is 5.17 Å². The average Bonchev–Trinajstić information content (AvgIpc) is 2.25. The van der Waals surface area contributed by atoms with E-state index in [0.29, 0.717) is 25.9 Å². The highest BCUT2D eigenvalue weighted by Crippen LogP contribution is 2.21. The van der Waals surface area contributed by atoms with E-state index in [1.807, 2.05) is 0 Å². The third-order valence-electron chi connectivity index (χ3n) is 2.36. The van der Waals surface area contributed by atoms with Crippen LogP contribution in [0.1, 0.15) is 12.8 Å². The zero-order valence-electron chi connectivity index (χ0n) is 9.17. The molecule has 0 atom stereocenters. The van der Waals surface area contributed by atoms with Crippen molar-refractivity contribution in [2.24, 2.45) is 11.1 Å². The minimum Gasteiger partial charge on any atom is -0.465 e. The molecule has 0 spiro atoms. The average molecular weight is 285 g/mol. The van der Waals surface area contributed by atoms with Gasteiger partial charge in [-0.25, -0.2) is 4.79 Å². The van der Waals surface area contributed by atoms with Gasteiger partial charge in [-0.15, -0.1) is 0 Å². The molecule has 0 saturated carbocycles. The number of piperidine rings is 1. The lowest BCUT2D eigenvalue weighted by Gasteiger charge is -2.28. The van der Waals surface area contributed by atoms with Crippen molar-refractivity contribution in [3.05, 3.63) is 0 Å². The molecule has 7 nitrogen and oxygen atoms in total. The standard InChI is InChI=1S/C8H13ClN2O5S/c1-17(14,15)16-10-7(9)6-2-4-11(5-3-6)8(12)13/h6H,2-5H2,1H3,(H,12,13)/b10-7-. The summed E-state index contributed by atoms with van der Waals surface area (Å²) in [6.07, 6.45) is 0.904. The van der Waals surface area contributed by atoms with E-state index in [9.17, 15) is 13.2 Å². The highest BCUT2D eigenvalue weighted by Gasteiger charge is 2.25. The number of carboxylic acid groups (broad SMARTS) is 1. The van der Waals surface area contributed by atoms with E-state index in [-0.39, 0.29) is 11.1 Å². The fourth-order valence-electron chi connectivity index (χ4n) is 1.49. The van der Waals surface area contributed by atoms with Crippen molar-refractivity contribution < 1.29 is 22.6 Å². The molecule has 1 heterocycles. The van der Waals surface area contributed by atoms with Crippen LogP contribution in [0.2, 0.25) is 0 Å². The Labute approximate surface area is 104 Å². The minimum absolute atomic E-state index is 0.0560. The second-order valence-corrected chi connectivity index (χ2v) is 5.68. The fraction of sp³-hybridized carbons (Fsp3) is 0.750. The van der Waals surface area contributed by atoms with Crippen molar-refractivity contribution in [2.45, 2.75) is 12.8 Å². The van der Waals surface area contributed by atoms with Crippen molar-refractivity contribution in [1.82, 2.24) is 4.90 Å². The van der Waals surface area contributed by atoms with E-state index in [0.717, 1.165) is 6.26 Å². The number of hydrogen-bond acceptors (Lipinski definition) is 5. The largest absolute Gasteiger partial charge is 0.465 e. The first-order valence-corrected chi connectivity index (χ1v) is 7.09. The Bertz CT molecular complexity index is 414. The molecule has 9 heteroatoms. The number of hydrogen-bond donors (Lipinski definition) is 1. The number of rotatable bonds is 3. The number of halogens is 1. The second kappa shape index (κ2) is 5.54. The Morgan fingerprint density at radius 1 is 1.47 bits per heavy atom. The Balaban J connectivity index is 2.51. The van der Waals surface area contributed by atoms with Crippen LogP contribution in [0.15, 0.2) is 5.16 Å². The van der Waals surface area contributed by atoms with Gasteiger partial charge >= 0.3 is 16.2 Å². The summed E-state index contributed by atoms with van der Waals surface area (Å²) in [6, 6.07) is 0. The van der Waals surface area contributed by atoms with Crippen LogP contribution >= 0.6 is 11.6 Å². The minimum atomic E-state index is -3.66. The van der Waals surface area contributed by atoms with Gasteiger partial charge in [-0.2, -0.15) is 8.42 Å². The summed E-state index contributed by atoms with van der Waals surface area (Å²) in [5, 5.41) is 12.1. The molecule has 0 radical (unpaired) electrons. The van der Waals surface area contributed by atoms with Gasteiger partial charge in [0, 0.05) is 19.0 Å². The summed E-state index contributed by atoms with van der Waals surface area (Å²) in [5.74, 6) is -0.158. The number of oxime groups is 1. The summed E-state index contributed by atoms with van der Waals surface area (Å²) >= 11 is 5.79. The molecule has 0 aliphatic carbocycles. The maximum absolute atomic E-state index is 10.7. The molecule has 17 heavy (non-hydrogen) atoms. The van der Waals surface area contributed by atoms with Crippen LogP contribution in [-0.4, -0.2) is 49.0 Å². The number of carbonyl (C=O) groups is 1. The van der Waals surface area contributed by atoms with Gasteiger partial charge in [0.2, 0.25) is 0 Å². The van der Waals surface area contributed by atoms with Crippen molar-refractivity contribution in [2.75, 3.05) is 19.3 Å². The lowest BCUT2D eigenvalue weighted by Crippen LogP contribution is -2.38. The maximum Gasteiger partial charge on any atom is 0.407 e. The summed E-state index contributed by atoms with van der Waals surface area (Å²) < 4.78 is 25.6. The summed E-state index contributed by atoms with van der Waals surface area (Å²) in [6.45, 7) is 0.704. The van der Waals surface area contributed by atoms with E-state index < -0.39 is 16.2 Å². The second-order valence-electron chi connectivity index (χ2n) is 3.74. The molecule has 1 aliphatic heterocycles. The molecular formula is C8H13ClN2O5S. The first-order chi connectivity index (χ1) is 7.79. The third kappa shape index (κ3) is 4.78. The fourth-order valence-corrected chi connectivity index (χ4v) is 2.00. The lowest BCUT2D eigenvalue weighted by atomic mass is 9.98. The quantitative estimate of drug-likeness (QED) is 0.614. The van der Waals surface area contributed by atoms with Crippen LogP contribution in [0.25, 0.3) is 0 Å². The van der Waals surface area contributed by atoms with Gasteiger partial charge in [0.25, 0.3) is 0 Å². The molecule has 1 saturated heterocycles. The van der Waals surface area contributed by atoms with Gasteiger partial charge in [-0.3, -0.25) is 4.28 Å². The van der Waals surface area contributed by atoms with E-state index in [2.05, 4.69) is 9.44 Å². The van der Waals surface area contributed by atoms with Crippen LogP contribution in [0, 0.1) is 5.92 Å². The molecule has 0 aromatic carbocycles.